The summed E-state index contributed by atoms with van der Waals surface area (Å²) in [5.74, 6) is 3.50. The molecule has 162 valence electrons. The molecule has 2 aromatic rings. The number of rotatable bonds is 12. The molecule has 2 rings (SSSR count). The number of pyridine rings is 1. The molecule has 0 aliphatic rings. The molecule has 1 heterocycles. The molecule has 1 aromatic heterocycles. The van der Waals surface area contributed by atoms with Crippen molar-refractivity contribution < 1.29 is 14.2 Å². The van der Waals surface area contributed by atoms with Crippen LogP contribution in [-0.4, -0.2) is 44.7 Å². The lowest BCUT2D eigenvalue weighted by Crippen LogP contribution is -2.31. The summed E-state index contributed by atoms with van der Waals surface area (Å²) in [6, 6.07) is 7.57. The summed E-state index contributed by atoms with van der Waals surface area (Å²) < 4.78 is 17.1. The van der Waals surface area contributed by atoms with Gasteiger partial charge >= 0.3 is 0 Å². The average Bonchev–Trinajstić information content (AvgIpc) is 2.78. The van der Waals surface area contributed by atoms with Crippen LogP contribution in [0.15, 0.2) is 59.7 Å². The predicted molar refractivity (Wildman–Crippen MR) is 122 cm³/mol. The second-order valence-electron chi connectivity index (χ2n) is 6.48. The van der Waals surface area contributed by atoms with E-state index in [9.17, 15) is 0 Å². The molecule has 0 atom stereocenters. The minimum Gasteiger partial charge on any atom is -0.497 e. The van der Waals surface area contributed by atoms with Crippen LogP contribution in [0.4, 0.5) is 0 Å². The molecule has 1 aromatic carbocycles. The van der Waals surface area contributed by atoms with E-state index in [1.54, 1.807) is 20.4 Å². The van der Waals surface area contributed by atoms with Crippen LogP contribution in [0.1, 0.15) is 26.7 Å². The highest BCUT2D eigenvalue weighted by atomic mass is 16.5. The number of nitrogens with zero attached hydrogens (tertiary/aromatic N) is 2. The molecule has 7 heteroatoms. The van der Waals surface area contributed by atoms with Gasteiger partial charge in [0.15, 0.2) is 11.6 Å². The van der Waals surface area contributed by atoms with Gasteiger partial charge in [-0.25, -0.2) is 0 Å². The summed E-state index contributed by atoms with van der Waals surface area (Å²) in [5.41, 5.74) is 0.821. The lowest BCUT2D eigenvalue weighted by Gasteiger charge is -2.16. The molecule has 0 unspecified atom stereocenters. The maximum Gasteiger partial charge on any atom is 0.169 e. The summed E-state index contributed by atoms with van der Waals surface area (Å²) in [7, 11) is 3.44. The maximum atomic E-state index is 5.95. The zero-order chi connectivity index (χ0) is 21.8. The molecule has 0 amide bonds. The van der Waals surface area contributed by atoms with Gasteiger partial charge in [0.25, 0.3) is 0 Å². The fourth-order valence-corrected chi connectivity index (χ4v) is 2.68. The van der Waals surface area contributed by atoms with Crippen molar-refractivity contribution in [3.8, 4) is 11.5 Å². The number of fused-ring (bicyclic) bond motifs is 1. The first-order valence-corrected chi connectivity index (χ1v) is 10.2. The third-order valence-electron chi connectivity index (χ3n) is 4.36. The monoisotopic (exact) mass is 412 g/mol. The van der Waals surface area contributed by atoms with Crippen molar-refractivity contribution in [3.05, 3.63) is 54.7 Å². The number of amidine groups is 1. The van der Waals surface area contributed by atoms with Crippen LogP contribution in [0, 0.1) is 0 Å². The maximum absolute atomic E-state index is 5.95. The smallest absolute Gasteiger partial charge is 0.169 e. The molecule has 0 radical (unpaired) electrons. The van der Waals surface area contributed by atoms with E-state index in [1.165, 1.54) is 0 Å². The Hall–Kier alpha value is -3.22. The molecule has 0 spiro atoms. The third kappa shape index (κ3) is 6.69. The van der Waals surface area contributed by atoms with E-state index in [-0.39, 0.29) is 0 Å². The Bertz CT molecular complexity index is 893. The Morgan fingerprint density at radius 1 is 1.27 bits per heavy atom. The van der Waals surface area contributed by atoms with Gasteiger partial charge in [-0.15, -0.1) is 0 Å². The molecular formula is C23H32N4O3. The fourth-order valence-electron chi connectivity index (χ4n) is 2.68. The molecule has 7 nitrogen and oxygen atoms in total. The van der Waals surface area contributed by atoms with Crippen LogP contribution >= 0.6 is 0 Å². The van der Waals surface area contributed by atoms with Crippen LogP contribution in [0.5, 0.6) is 11.5 Å². The number of aromatic nitrogens is 1. The molecular weight excluding hydrogens is 380 g/mol. The Morgan fingerprint density at radius 2 is 2.10 bits per heavy atom. The first kappa shape index (κ1) is 23.1. The van der Waals surface area contributed by atoms with E-state index in [0.29, 0.717) is 30.6 Å². The third-order valence-corrected chi connectivity index (χ3v) is 4.36. The van der Waals surface area contributed by atoms with E-state index < -0.39 is 0 Å². The predicted octanol–water partition coefficient (Wildman–Crippen LogP) is 4.02. The SMILES string of the molecule is C=C(NC)NC(=NCCCC)/C(=C\C)OCCOc1ccnc2cc(OC)ccc12. The topological polar surface area (TPSA) is 77.0 Å². The number of nitrogens with one attached hydrogen (secondary N) is 2. The molecule has 0 fully saturated rings. The highest BCUT2D eigenvalue weighted by Crippen LogP contribution is 2.27. The van der Waals surface area contributed by atoms with E-state index in [0.717, 1.165) is 41.8 Å². The minimum atomic E-state index is 0.375. The van der Waals surface area contributed by atoms with Gasteiger partial charge in [0.2, 0.25) is 0 Å². The summed E-state index contributed by atoms with van der Waals surface area (Å²) >= 11 is 0. The van der Waals surface area contributed by atoms with E-state index in [1.807, 2.05) is 37.3 Å². The van der Waals surface area contributed by atoms with E-state index in [4.69, 9.17) is 14.2 Å². The van der Waals surface area contributed by atoms with Crippen LogP contribution < -0.4 is 20.1 Å². The highest BCUT2D eigenvalue weighted by Gasteiger charge is 2.10. The minimum absolute atomic E-state index is 0.375. The zero-order valence-electron chi connectivity index (χ0n) is 18.3. The number of hydrogen-bond donors (Lipinski definition) is 2. The van der Waals surface area contributed by atoms with Crippen molar-refractivity contribution in [1.82, 2.24) is 15.6 Å². The molecule has 0 bridgehead atoms. The number of benzene rings is 1. The van der Waals surface area contributed by atoms with Gasteiger partial charge in [-0.05, 0) is 37.6 Å². The van der Waals surface area contributed by atoms with Gasteiger partial charge in [0.1, 0.15) is 24.7 Å². The van der Waals surface area contributed by atoms with Gasteiger partial charge in [-0.1, -0.05) is 19.9 Å². The molecule has 30 heavy (non-hydrogen) atoms. The Morgan fingerprint density at radius 3 is 2.80 bits per heavy atom. The second kappa shape index (κ2) is 12.4. The summed E-state index contributed by atoms with van der Waals surface area (Å²) in [4.78, 5) is 8.99. The van der Waals surface area contributed by atoms with Crippen LogP contribution in [0.2, 0.25) is 0 Å². The van der Waals surface area contributed by atoms with Gasteiger partial charge in [-0.2, -0.15) is 0 Å². The van der Waals surface area contributed by atoms with Gasteiger partial charge in [0, 0.05) is 31.2 Å². The van der Waals surface area contributed by atoms with E-state index >= 15 is 0 Å². The summed E-state index contributed by atoms with van der Waals surface area (Å²) in [6.45, 7) is 9.45. The standard InChI is InChI=1S/C23H32N4O3/c1-6-8-12-26-23(27-17(3)24-4)21(7-2)29-14-15-30-22-11-13-25-20-16-18(28-5)9-10-19(20)22/h7,9-11,13,16,24H,3,6,8,12,14-15H2,1-2,4-5H3,(H,26,27)/b21-7+. The van der Waals surface area contributed by atoms with Crippen molar-refractivity contribution in [1.29, 1.82) is 0 Å². The number of hydrogen-bond acceptors (Lipinski definition) is 6. The molecule has 0 aliphatic heterocycles. The number of allylic oxidation sites excluding steroid dienone is 1. The lowest BCUT2D eigenvalue weighted by atomic mass is 10.2. The number of methoxy groups -OCH3 is 1. The quantitative estimate of drug-likeness (QED) is 0.237. The van der Waals surface area contributed by atoms with Crippen molar-refractivity contribution in [2.75, 3.05) is 33.9 Å². The van der Waals surface area contributed by atoms with E-state index in [2.05, 4.69) is 34.1 Å². The molecule has 2 N–H and O–H groups in total. The highest BCUT2D eigenvalue weighted by molar-refractivity contribution is 5.97. The van der Waals surface area contributed by atoms with Crippen molar-refractivity contribution >= 4 is 16.7 Å². The van der Waals surface area contributed by atoms with Gasteiger partial charge < -0.3 is 24.8 Å². The summed E-state index contributed by atoms with van der Waals surface area (Å²) in [6.07, 6.45) is 5.70. The fraction of sp³-hybridized carbons (Fsp3) is 0.391. The van der Waals surface area contributed by atoms with Crippen LogP contribution in [-0.2, 0) is 4.74 Å². The largest absolute Gasteiger partial charge is 0.497 e. The van der Waals surface area contributed by atoms with Crippen molar-refractivity contribution in [2.45, 2.75) is 26.7 Å². The van der Waals surface area contributed by atoms with Crippen LogP contribution in [0.25, 0.3) is 10.9 Å². The lowest BCUT2D eigenvalue weighted by molar-refractivity contribution is 0.168. The van der Waals surface area contributed by atoms with Gasteiger partial charge in [-0.3, -0.25) is 9.98 Å². The second-order valence-corrected chi connectivity index (χ2v) is 6.48. The molecule has 0 saturated carbocycles. The number of aliphatic imine (C=N–C) groups is 1. The molecule has 0 aliphatic carbocycles. The number of unbranched alkanes of at least 4 members (excludes halogenated alkanes) is 1. The van der Waals surface area contributed by atoms with Crippen molar-refractivity contribution in [2.24, 2.45) is 4.99 Å². The zero-order valence-corrected chi connectivity index (χ0v) is 18.3. The van der Waals surface area contributed by atoms with Crippen LogP contribution in [0.3, 0.4) is 0 Å². The summed E-state index contributed by atoms with van der Waals surface area (Å²) in [5, 5.41) is 7.06. The van der Waals surface area contributed by atoms with Gasteiger partial charge in [0.05, 0.1) is 18.4 Å². The Balaban J connectivity index is 1.99. The molecule has 0 saturated heterocycles. The Kier molecular flexibility index (Phi) is 9.51. The van der Waals surface area contributed by atoms with Crippen molar-refractivity contribution in [3.63, 3.8) is 0 Å². The normalized spacial score (nSPS) is 11.9. The average molecular weight is 413 g/mol. The first-order chi connectivity index (χ1) is 14.6. The number of ether oxygens (including phenoxy) is 3. The first-order valence-electron chi connectivity index (χ1n) is 10.2. The Labute approximate surface area is 178 Å².